The first kappa shape index (κ1) is 8.68. The van der Waals surface area contributed by atoms with Crippen molar-refractivity contribution in [1.29, 1.82) is 0 Å². The Morgan fingerprint density at radius 2 is 1.93 bits per heavy atom. The van der Waals surface area contributed by atoms with Gasteiger partial charge in [-0.1, -0.05) is 0 Å². The maximum Gasteiger partial charge on any atom is 0.229 e. The van der Waals surface area contributed by atoms with Crippen LogP contribution in [-0.4, -0.2) is 24.6 Å². The van der Waals surface area contributed by atoms with E-state index in [1.807, 2.05) is 6.92 Å². The molecule has 0 unspecified atom stereocenters. The highest BCUT2D eigenvalue weighted by atomic mass is 16.3. The summed E-state index contributed by atoms with van der Waals surface area (Å²) in [6.07, 6.45) is 4.95. The van der Waals surface area contributed by atoms with E-state index in [0.717, 1.165) is 5.56 Å². The molecule has 0 radical (unpaired) electrons. The lowest BCUT2D eigenvalue weighted by molar-refractivity contribution is 0.456. The fourth-order valence-electron chi connectivity index (χ4n) is 1.17. The monoisotopic (exact) mass is 190 g/mol. The molecule has 0 spiro atoms. The van der Waals surface area contributed by atoms with Crippen LogP contribution in [0, 0.1) is 6.92 Å². The Kier molecular flexibility index (Phi) is 1.92. The van der Waals surface area contributed by atoms with E-state index in [-0.39, 0.29) is 5.88 Å². The summed E-state index contributed by atoms with van der Waals surface area (Å²) >= 11 is 0. The summed E-state index contributed by atoms with van der Waals surface area (Å²) in [6.45, 7) is 1.92. The molecule has 0 bridgehead atoms. The Bertz CT molecular complexity index is 446. The molecule has 0 saturated heterocycles. The third-order valence-corrected chi connectivity index (χ3v) is 1.84. The zero-order chi connectivity index (χ0) is 10.1. The molecule has 72 valence electrons. The first-order chi connectivity index (χ1) is 6.66. The minimum Gasteiger partial charge on any atom is -0.492 e. The van der Waals surface area contributed by atoms with Gasteiger partial charge < -0.3 is 9.67 Å². The molecular weight excluding hydrogens is 180 g/mol. The zero-order valence-electron chi connectivity index (χ0n) is 7.97. The van der Waals surface area contributed by atoms with Crippen LogP contribution in [0.5, 0.6) is 5.88 Å². The van der Waals surface area contributed by atoms with Crippen LogP contribution >= 0.6 is 0 Å². The summed E-state index contributed by atoms with van der Waals surface area (Å²) in [5, 5.41) is 9.16. The number of hydrogen-bond donors (Lipinski definition) is 1. The van der Waals surface area contributed by atoms with Gasteiger partial charge in [0.1, 0.15) is 0 Å². The molecule has 2 aromatic heterocycles. The molecule has 0 aliphatic rings. The second-order valence-corrected chi connectivity index (χ2v) is 3.12. The number of nitrogens with zero attached hydrogens (tertiary/aromatic N) is 4. The molecule has 0 aliphatic heterocycles. The molecule has 14 heavy (non-hydrogen) atoms. The summed E-state index contributed by atoms with van der Waals surface area (Å²) in [5.41, 5.74) is 0.993. The predicted molar refractivity (Wildman–Crippen MR) is 50.6 cm³/mol. The third kappa shape index (κ3) is 1.44. The Hall–Kier alpha value is -1.91. The third-order valence-electron chi connectivity index (χ3n) is 1.84. The second kappa shape index (κ2) is 3.10. The van der Waals surface area contributed by atoms with Gasteiger partial charge >= 0.3 is 0 Å². The molecule has 0 aliphatic carbocycles. The van der Waals surface area contributed by atoms with Crippen molar-refractivity contribution in [2.24, 2.45) is 7.05 Å². The minimum absolute atomic E-state index is 0.0216. The van der Waals surface area contributed by atoms with E-state index in [1.165, 1.54) is 6.20 Å². The summed E-state index contributed by atoms with van der Waals surface area (Å²) in [7, 11) is 1.78. The first-order valence-corrected chi connectivity index (χ1v) is 4.18. The number of rotatable bonds is 1. The van der Waals surface area contributed by atoms with Gasteiger partial charge in [0.15, 0.2) is 11.6 Å². The lowest BCUT2D eigenvalue weighted by Gasteiger charge is -1.98. The van der Waals surface area contributed by atoms with Crippen LogP contribution in [0.25, 0.3) is 11.6 Å². The smallest absolute Gasteiger partial charge is 0.229 e. The average molecular weight is 190 g/mol. The lowest BCUT2D eigenvalue weighted by atomic mass is 10.4. The largest absolute Gasteiger partial charge is 0.492 e. The average Bonchev–Trinajstić information content (AvgIpc) is 2.47. The predicted octanol–water partition coefficient (Wildman–Crippen LogP) is 0.891. The molecule has 0 aromatic carbocycles. The maximum absolute atomic E-state index is 9.16. The second-order valence-electron chi connectivity index (χ2n) is 3.12. The van der Waals surface area contributed by atoms with Gasteiger partial charge in [0.2, 0.25) is 5.88 Å². The minimum atomic E-state index is -0.0216. The highest BCUT2D eigenvalue weighted by molar-refractivity contribution is 5.45. The van der Waals surface area contributed by atoms with Crippen molar-refractivity contribution in [3.05, 3.63) is 24.2 Å². The van der Waals surface area contributed by atoms with Crippen LogP contribution in [0.15, 0.2) is 18.6 Å². The molecule has 0 atom stereocenters. The van der Waals surface area contributed by atoms with Gasteiger partial charge in [-0.2, -0.15) is 4.98 Å². The van der Waals surface area contributed by atoms with E-state index < -0.39 is 0 Å². The zero-order valence-corrected chi connectivity index (χ0v) is 7.97. The fourth-order valence-corrected chi connectivity index (χ4v) is 1.17. The lowest BCUT2D eigenvalue weighted by Crippen LogP contribution is -1.96. The Balaban J connectivity index is 2.49. The summed E-state index contributed by atoms with van der Waals surface area (Å²) in [5.74, 6) is 1.05. The van der Waals surface area contributed by atoms with Crippen molar-refractivity contribution >= 4 is 0 Å². The van der Waals surface area contributed by atoms with E-state index in [2.05, 4.69) is 15.0 Å². The highest BCUT2D eigenvalue weighted by Crippen LogP contribution is 2.16. The molecule has 2 heterocycles. The summed E-state index contributed by atoms with van der Waals surface area (Å²) in [6, 6.07) is 0. The molecule has 5 heteroatoms. The van der Waals surface area contributed by atoms with Gasteiger partial charge in [-0.3, -0.25) is 0 Å². The molecule has 1 N–H and O–H groups in total. The van der Waals surface area contributed by atoms with Gasteiger partial charge in [-0.05, 0) is 12.5 Å². The van der Waals surface area contributed by atoms with E-state index >= 15 is 0 Å². The van der Waals surface area contributed by atoms with Crippen molar-refractivity contribution < 1.29 is 5.11 Å². The quantitative estimate of drug-likeness (QED) is 0.725. The Morgan fingerprint density at radius 3 is 2.43 bits per heavy atom. The van der Waals surface area contributed by atoms with Gasteiger partial charge in [-0.25, -0.2) is 9.97 Å². The SMILES string of the molecule is Cc1cnc(-c2nc(O)cn2C)nc1. The van der Waals surface area contributed by atoms with E-state index in [9.17, 15) is 0 Å². The molecule has 2 aromatic rings. The Labute approximate surface area is 81.1 Å². The summed E-state index contributed by atoms with van der Waals surface area (Å²) in [4.78, 5) is 12.1. The van der Waals surface area contributed by atoms with Crippen LogP contribution in [-0.2, 0) is 7.05 Å². The van der Waals surface area contributed by atoms with Gasteiger partial charge in [-0.15, -0.1) is 0 Å². The van der Waals surface area contributed by atoms with E-state index in [4.69, 9.17) is 5.11 Å². The number of aromatic hydroxyl groups is 1. The fraction of sp³-hybridized carbons (Fsp3) is 0.222. The molecule has 0 fully saturated rings. The van der Waals surface area contributed by atoms with Crippen LogP contribution in [0.2, 0.25) is 0 Å². The van der Waals surface area contributed by atoms with Crippen LogP contribution in [0.4, 0.5) is 0 Å². The van der Waals surface area contributed by atoms with Gasteiger partial charge in [0, 0.05) is 19.4 Å². The first-order valence-electron chi connectivity index (χ1n) is 4.18. The molecule has 0 saturated carbocycles. The van der Waals surface area contributed by atoms with E-state index in [1.54, 1.807) is 24.0 Å². The van der Waals surface area contributed by atoms with Gasteiger partial charge in [0.05, 0.1) is 6.20 Å². The van der Waals surface area contributed by atoms with Gasteiger partial charge in [0.25, 0.3) is 0 Å². The van der Waals surface area contributed by atoms with Crippen LogP contribution in [0.1, 0.15) is 5.56 Å². The molecule has 0 amide bonds. The van der Waals surface area contributed by atoms with E-state index in [0.29, 0.717) is 11.6 Å². The number of imidazole rings is 1. The molecule has 5 nitrogen and oxygen atoms in total. The Morgan fingerprint density at radius 1 is 1.29 bits per heavy atom. The maximum atomic E-state index is 9.16. The number of aryl methyl sites for hydroxylation is 2. The standard InChI is InChI=1S/C9H10N4O/c1-6-3-10-8(11-4-6)9-12-7(14)5-13(9)2/h3-5,14H,1-2H3. The van der Waals surface area contributed by atoms with Crippen molar-refractivity contribution in [1.82, 2.24) is 19.5 Å². The highest BCUT2D eigenvalue weighted by Gasteiger charge is 2.08. The van der Waals surface area contributed by atoms with Crippen molar-refractivity contribution in [3.8, 4) is 17.5 Å². The number of hydrogen-bond acceptors (Lipinski definition) is 4. The molecular formula is C9H10N4O. The number of aromatic nitrogens is 4. The van der Waals surface area contributed by atoms with Crippen LogP contribution < -0.4 is 0 Å². The van der Waals surface area contributed by atoms with Crippen molar-refractivity contribution in [2.45, 2.75) is 6.92 Å². The molecule has 2 rings (SSSR count). The van der Waals surface area contributed by atoms with Crippen molar-refractivity contribution in [2.75, 3.05) is 0 Å². The topological polar surface area (TPSA) is 63.8 Å². The van der Waals surface area contributed by atoms with Crippen molar-refractivity contribution in [3.63, 3.8) is 0 Å². The summed E-state index contributed by atoms with van der Waals surface area (Å²) < 4.78 is 1.68. The van der Waals surface area contributed by atoms with Crippen LogP contribution in [0.3, 0.4) is 0 Å². The normalized spacial score (nSPS) is 10.4.